The lowest BCUT2D eigenvalue weighted by Gasteiger charge is -2.29. The third-order valence-corrected chi connectivity index (χ3v) is 26.6. The second-order valence-electron chi connectivity index (χ2n) is 18.4. The van der Waals surface area contributed by atoms with E-state index in [0.717, 1.165) is 42.2 Å². The van der Waals surface area contributed by atoms with Crippen LogP contribution in [0.5, 0.6) is 11.5 Å². The molecule has 0 atom stereocenters. The molecule has 0 amide bonds. The number of ether oxygens (including phenoxy) is 2. The summed E-state index contributed by atoms with van der Waals surface area (Å²) in [7, 11) is -5.15. The molecule has 4 aromatic carbocycles. The molecule has 57 heavy (non-hydrogen) atoms. The largest absolute Gasteiger partial charge is 0.491 e. The van der Waals surface area contributed by atoms with E-state index in [1.807, 2.05) is 0 Å². The highest BCUT2D eigenvalue weighted by molar-refractivity contribution is 9.11. The zero-order valence-corrected chi connectivity index (χ0v) is 49.2. The van der Waals surface area contributed by atoms with Crippen LogP contribution in [0.1, 0.15) is 37.8 Å². The van der Waals surface area contributed by atoms with Crippen molar-refractivity contribution in [3.63, 3.8) is 0 Å². The summed E-state index contributed by atoms with van der Waals surface area (Å²) < 4.78 is 16.9. The van der Waals surface area contributed by atoms with Gasteiger partial charge in [-0.3, -0.25) is 0 Å². The second-order valence-corrected chi connectivity index (χ2v) is 41.8. The van der Waals surface area contributed by atoms with E-state index in [-0.39, 0.29) is 5.41 Å². The molecule has 0 aliphatic rings. The van der Waals surface area contributed by atoms with E-state index >= 15 is 0 Å². The zero-order valence-electron chi connectivity index (χ0n) is 36.8. The van der Waals surface area contributed by atoms with Crippen molar-refractivity contribution >= 4 is 146 Å². The van der Waals surface area contributed by atoms with Crippen molar-refractivity contribution in [2.75, 3.05) is 13.2 Å². The van der Waals surface area contributed by atoms with Crippen LogP contribution in [0.4, 0.5) is 0 Å². The van der Waals surface area contributed by atoms with E-state index in [2.05, 4.69) is 217 Å². The van der Waals surface area contributed by atoms with Gasteiger partial charge in [0.1, 0.15) is 11.5 Å². The molecule has 0 saturated heterocycles. The summed E-state index contributed by atoms with van der Waals surface area (Å²) in [4.78, 5) is 0. The highest BCUT2D eigenvalue weighted by atomic mass is 79.9. The van der Waals surface area contributed by atoms with Crippen LogP contribution in [0.25, 0.3) is 0 Å². The molecule has 2 nitrogen and oxygen atoms in total. The minimum absolute atomic E-state index is 0.272. The molecule has 0 unspecified atom stereocenters. The average molecular weight is 1130 g/mol. The van der Waals surface area contributed by atoms with Gasteiger partial charge in [-0.25, -0.2) is 0 Å². The van der Waals surface area contributed by atoms with Gasteiger partial charge in [0.05, 0.1) is 82.4 Å². The van der Waals surface area contributed by atoms with Gasteiger partial charge in [0.15, 0.2) is 0 Å². The molecule has 0 saturated carbocycles. The molecule has 0 N–H and O–H groups in total. The van der Waals surface area contributed by atoms with E-state index in [1.54, 1.807) is 31.1 Å². The van der Waals surface area contributed by atoms with Gasteiger partial charge in [0, 0.05) is 5.41 Å². The molecule has 0 aliphatic heterocycles. The van der Waals surface area contributed by atoms with Crippen LogP contribution >= 0.6 is 63.7 Å². The molecule has 308 valence electrons. The maximum atomic E-state index is 6.48. The van der Waals surface area contributed by atoms with Gasteiger partial charge in [-0.1, -0.05) is 172 Å². The van der Waals surface area contributed by atoms with Crippen LogP contribution in [-0.4, -0.2) is 64.5 Å². The summed E-state index contributed by atoms with van der Waals surface area (Å²) in [6, 6.07) is 26.5. The number of rotatable bonds is 18. The molecule has 0 aromatic heterocycles. The smallest absolute Gasteiger partial charge is 0.147 e. The molecule has 0 heterocycles. The predicted octanol–water partition coefficient (Wildman–Crippen LogP) is 11.7. The molecule has 4 radical (unpaired) electrons. The fourth-order valence-electron chi connectivity index (χ4n) is 7.14. The summed E-state index contributed by atoms with van der Waals surface area (Å²) in [6.07, 6.45) is 2.08. The molecule has 0 aliphatic carbocycles. The first-order valence-electron chi connectivity index (χ1n) is 20.2. The van der Waals surface area contributed by atoms with Crippen molar-refractivity contribution in [1.29, 1.82) is 0 Å². The quantitative estimate of drug-likeness (QED) is 0.0730. The Morgan fingerprint density at radius 3 is 0.965 bits per heavy atom. The average Bonchev–Trinajstić information content (AvgIpc) is 3.12. The van der Waals surface area contributed by atoms with Crippen molar-refractivity contribution in [3.8, 4) is 11.5 Å². The lowest BCUT2D eigenvalue weighted by atomic mass is 9.78. The third-order valence-electron chi connectivity index (χ3n) is 11.6. The van der Waals surface area contributed by atoms with Crippen LogP contribution in [0, 0.1) is 0 Å². The first-order valence-corrected chi connectivity index (χ1v) is 39.8. The Labute approximate surface area is 389 Å². The van der Waals surface area contributed by atoms with E-state index in [0.29, 0.717) is 13.2 Å². The van der Waals surface area contributed by atoms with Crippen LogP contribution in [-0.2, 0) is 5.41 Å². The van der Waals surface area contributed by atoms with Gasteiger partial charge in [0.25, 0.3) is 0 Å². The van der Waals surface area contributed by atoms with Crippen LogP contribution in [0.3, 0.4) is 0 Å². The van der Waals surface area contributed by atoms with Crippen molar-refractivity contribution < 1.29 is 9.47 Å². The highest BCUT2D eigenvalue weighted by Gasteiger charge is 2.29. The van der Waals surface area contributed by atoms with Gasteiger partial charge in [-0.15, -0.1) is 0 Å². The van der Waals surface area contributed by atoms with Crippen LogP contribution in [0.2, 0.25) is 90.7 Å². The number of hydrogen-bond acceptors (Lipinski definition) is 2. The summed E-state index contributed by atoms with van der Waals surface area (Å²) in [6.45, 7) is 35.4. The molecule has 0 fully saturated rings. The van der Waals surface area contributed by atoms with Crippen molar-refractivity contribution in [1.82, 2.24) is 0 Å². The molecular formula is C45H64Br4O2Si6. The predicted molar refractivity (Wildman–Crippen MR) is 281 cm³/mol. The van der Waals surface area contributed by atoms with E-state index < -0.39 is 51.3 Å². The lowest BCUT2D eigenvalue weighted by molar-refractivity contribution is 0.312. The number of hydrogen-bond donors (Lipinski definition) is 0. The maximum absolute atomic E-state index is 6.48. The Bertz CT molecular complexity index is 1770. The van der Waals surface area contributed by atoms with Gasteiger partial charge in [-0.2, -0.15) is 0 Å². The van der Waals surface area contributed by atoms with Crippen molar-refractivity contribution in [3.05, 3.63) is 89.7 Å². The molecule has 4 rings (SSSR count). The standard InChI is InChI=1S/C45H64Br4O2Si6/c1-45(2,31-21-39(46)43(40(47)22-31)50-17-15-19-56(11,12)37-27-33(52(3)4)25-34(28-37)53(5)6)32-23-41(48)44(42(49)24-32)51-18-16-20-57(13,14)38-29-35(54(7)8)26-36(30-38)55(9)10/h21-30H,15-20H2,1-14H3. The summed E-state index contributed by atoms with van der Waals surface area (Å²) >= 11 is 15.5. The minimum Gasteiger partial charge on any atom is -0.491 e. The van der Waals surface area contributed by atoms with Crippen molar-refractivity contribution in [2.45, 2.75) is 123 Å². The van der Waals surface area contributed by atoms with Crippen LogP contribution in [0.15, 0.2) is 78.6 Å². The Balaban J connectivity index is 1.40. The zero-order chi connectivity index (χ0) is 42.6. The molecular weight excluding hydrogens is 1060 g/mol. The first kappa shape index (κ1) is 49.4. The topological polar surface area (TPSA) is 18.5 Å². The number of benzene rings is 4. The fraction of sp³-hybridized carbons (Fsp3) is 0.467. The Hall–Kier alpha value is -0.299. The summed E-state index contributed by atoms with van der Waals surface area (Å²) in [5.74, 6) is 1.75. The highest BCUT2D eigenvalue weighted by Crippen LogP contribution is 2.44. The molecule has 12 heteroatoms. The van der Waals surface area contributed by atoms with Crippen LogP contribution < -0.4 is 40.6 Å². The van der Waals surface area contributed by atoms with Gasteiger partial charge < -0.3 is 9.47 Å². The number of halogens is 4. The van der Waals surface area contributed by atoms with Gasteiger partial charge in [-0.05, 0) is 112 Å². The Morgan fingerprint density at radius 1 is 0.456 bits per heavy atom. The molecule has 0 spiro atoms. The van der Waals surface area contributed by atoms with Gasteiger partial charge in [0.2, 0.25) is 0 Å². The Morgan fingerprint density at radius 2 is 0.719 bits per heavy atom. The van der Waals surface area contributed by atoms with E-state index in [4.69, 9.17) is 9.47 Å². The molecule has 4 aromatic rings. The monoisotopic (exact) mass is 1120 g/mol. The lowest BCUT2D eigenvalue weighted by Crippen LogP contribution is -2.47. The Kier molecular flexibility index (Phi) is 17.9. The van der Waals surface area contributed by atoms with E-state index in [9.17, 15) is 0 Å². The summed E-state index contributed by atoms with van der Waals surface area (Å²) in [5.41, 5.74) is 2.12. The van der Waals surface area contributed by atoms with Crippen molar-refractivity contribution in [2.24, 2.45) is 0 Å². The first-order chi connectivity index (χ1) is 26.4. The SMILES string of the molecule is C[Si](C)c1cc([Si](C)C)cc([Si](C)(C)CCCOc2c(Br)cc(C(C)(C)c3cc(Br)c(OCCC[Si](C)(C)c4cc([Si](C)C)cc([Si](C)C)c4)c(Br)c3)cc2Br)c1. The fourth-order valence-corrected chi connectivity index (χ4v) is 19.2. The minimum atomic E-state index is -1.61. The second kappa shape index (κ2) is 20.7. The van der Waals surface area contributed by atoms with Gasteiger partial charge >= 0.3 is 0 Å². The molecule has 0 bridgehead atoms. The van der Waals surface area contributed by atoms with E-state index in [1.165, 1.54) is 23.2 Å². The normalized spacial score (nSPS) is 12.7. The maximum Gasteiger partial charge on any atom is 0.147 e. The third kappa shape index (κ3) is 12.9. The summed E-state index contributed by atoms with van der Waals surface area (Å²) in [5, 5.41) is 9.59.